The first kappa shape index (κ1) is 28.6. The number of rotatable bonds is 6. The SMILES string of the molecule is Cc1c(C)c(F)c(-c2nc(C3=CCCC(P(c4ccccc4)c4ccccc4)=C3)nc(-c3ccc(F)cc3)n2)c(F)c1F. The molecule has 1 aliphatic rings. The first-order valence-corrected chi connectivity index (χ1v) is 15.1. The van der Waals surface area contributed by atoms with Crippen molar-refractivity contribution in [3.05, 3.63) is 143 Å². The topological polar surface area (TPSA) is 38.7 Å². The van der Waals surface area contributed by atoms with Crippen molar-refractivity contribution in [2.24, 2.45) is 0 Å². The maximum Gasteiger partial charge on any atom is 0.173 e. The Morgan fingerprint density at radius 2 is 1.16 bits per heavy atom. The van der Waals surface area contributed by atoms with Gasteiger partial charge in [-0.05, 0) is 92.0 Å². The molecule has 43 heavy (non-hydrogen) atoms. The predicted octanol–water partition coefficient (Wildman–Crippen LogP) is 8.57. The molecule has 0 N–H and O–H groups in total. The number of halogens is 4. The summed E-state index contributed by atoms with van der Waals surface area (Å²) in [5, 5.41) is 3.56. The minimum atomic E-state index is -1.37. The molecule has 0 amide bonds. The smallest absolute Gasteiger partial charge is 0.173 e. The van der Waals surface area contributed by atoms with Crippen LogP contribution in [0.5, 0.6) is 0 Å². The largest absolute Gasteiger partial charge is 0.208 e. The minimum Gasteiger partial charge on any atom is -0.208 e. The Kier molecular flexibility index (Phi) is 8.00. The van der Waals surface area contributed by atoms with E-state index in [0.29, 0.717) is 17.6 Å². The van der Waals surface area contributed by atoms with Crippen molar-refractivity contribution in [3.63, 3.8) is 0 Å². The zero-order valence-corrected chi connectivity index (χ0v) is 24.3. The van der Waals surface area contributed by atoms with Crippen LogP contribution in [0.4, 0.5) is 17.6 Å². The summed E-state index contributed by atoms with van der Waals surface area (Å²) in [5.41, 5.74) is 0.272. The van der Waals surface area contributed by atoms with Crippen LogP contribution in [0.3, 0.4) is 0 Å². The van der Waals surface area contributed by atoms with E-state index in [1.165, 1.54) is 54.0 Å². The van der Waals surface area contributed by atoms with Crippen molar-refractivity contribution in [1.82, 2.24) is 15.0 Å². The Bertz CT molecular complexity index is 1800. The first-order valence-electron chi connectivity index (χ1n) is 13.8. The monoisotopic (exact) mass is 595 g/mol. The summed E-state index contributed by atoms with van der Waals surface area (Å²) in [4.78, 5) is 13.5. The number of aromatic nitrogens is 3. The van der Waals surface area contributed by atoms with Gasteiger partial charge in [-0.1, -0.05) is 66.7 Å². The van der Waals surface area contributed by atoms with Gasteiger partial charge in [-0.15, -0.1) is 0 Å². The second kappa shape index (κ2) is 12.0. The van der Waals surface area contributed by atoms with E-state index in [1.54, 1.807) is 0 Å². The summed E-state index contributed by atoms with van der Waals surface area (Å²) >= 11 is 0. The Morgan fingerprint density at radius 1 is 0.605 bits per heavy atom. The molecule has 6 rings (SSSR count). The molecule has 8 heteroatoms. The third kappa shape index (κ3) is 5.65. The van der Waals surface area contributed by atoms with Crippen molar-refractivity contribution in [1.29, 1.82) is 0 Å². The van der Waals surface area contributed by atoms with E-state index in [-0.39, 0.29) is 28.6 Å². The van der Waals surface area contributed by atoms with Crippen molar-refractivity contribution in [2.45, 2.75) is 26.7 Å². The number of benzene rings is 4. The van der Waals surface area contributed by atoms with Gasteiger partial charge in [-0.2, -0.15) is 0 Å². The van der Waals surface area contributed by atoms with Gasteiger partial charge in [-0.3, -0.25) is 0 Å². The molecule has 0 saturated carbocycles. The van der Waals surface area contributed by atoms with Crippen molar-refractivity contribution in [3.8, 4) is 22.8 Å². The molecule has 1 heterocycles. The number of hydrogen-bond acceptors (Lipinski definition) is 3. The van der Waals surface area contributed by atoms with Crippen molar-refractivity contribution < 1.29 is 17.6 Å². The molecule has 0 spiro atoms. The molecule has 0 radical (unpaired) electrons. The summed E-state index contributed by atoms with van der Waals surface area (Å²) < 4.78 is 59.4. The maximum atomic E-state index is 15.5. The molecule has 1 aromatic heterocycles. The van der Waals surface area contributed by atoms with Crippen LogP contribution in [0.25, 0.3) is 28.3 Å². The zero-order valence-electron chi connectivity index (χ0n) is 23.5. The van der Waals surface area contributed by atoms with Crippen LogP contribution in [-0.2, 0) is 0 Å². The Labute approximate surface area is 248 Å². The normalized spacial score (nSPS) is 13.2. The molecule has 0 saturated heterocycles. The summed E-state index contributed by atoms with van der Waals surface area (Å²) in [6, 6.07) is 26.0. The van der Waals surface area contributed by atoms with Gasteiger partial charge in [0, 0.05) is 11.1 Å². The zero-order chi connectivity index (χ0) is 30.1. The fourth-order valence-electron chi connectivity index (χ4n) is 5.08. The third-order valence-corrected chi connectivity index (χ3v) is 10.0. The number of hydrogen-bond donors (Lipinski definition) is 0. The van der Waals surface area contributed by atoms with Gasteiger partial charge in [0.25, 0.3) is 0 Å². The molecule has 0 atom stereocenters. The van der Waals surface area contributed by atoms with Gasteiger partial charge in [0.1, 0.15) is 11.6 Å². The van der Waals surface area contributed by atoms with Gasteiger partial charge < -0.3 is 0 Å². The van der Waals surface area contributed by atoms with Crippen LogP contribution in [0.2, 0.25) is 0 Å². The van der Waals surface area contributed by atoms with Crippen molar-refractivity contribution >= 4 is 24.1 Å². The summed E-state index contributed by atoms with van der Waals surface area (Å²) in [5.74, 6) is -3.98. The van der Waals surface area contributed by atoms with E-state index in [9.17, 15) is 8.78 Å². The van der Waals surface area contributed by atoms with Crippen LogP contribution >= 0.6 is 7.92 Å². The number of allylic oxidation sites excluding steroid dienone is 4. The Balaban J connectivity index is 1.53. The quantitative estimate of drug-likeness (QED) is 0.112. The van der Waals surface area contributed by atoms with Gasteiger partial charge in [0.05, 0.1) is 5.56 Å². The molecular weight excluding hydrogens is 569 g/mol. The molecule has 0 aliphatic heterocycles. The average molecular weight is 596 g/mol. The molecular formula is C35H26F4N3P. The lowest BCUT2D eigenvalue weighted by atomic mass is 10.0. The highest BCUT2D eigenvalue weighted by Gasteiger charge is 2.27. The highest BCUT2D eigenvalue weighted by atomic mass is 31.1. The van der Waals surface area contributed by atoms with E-state index in [1.807, 2.05) is 48.6 Å². The summed E-state index contributed by atoms with van der Waals surface area (Å²) in [7, 11) is -0.877. The summed E-state index contributed by atoms with van der Waals surface area (Å²) in [6.07, 6.45) is 5.53. The van der Waals surface area contributed by atoms with Crippen LogP contribution in [0.15, 0.2) is 102 Å². The molecule has 1 aliphatic carbocycles. The molecule has 214 valence electrons. The molecule has 4 aromatic carbocycles. The Hall–Kier alpha value is -4.48. The first-order chi connectivity index (χ1) is 20.8. The Morgan fingerprint density at radius 3 is 1.79 bits per heavy atom. The molecule has 0 bridgehead atoms. The fourth-order valence-corrected chi connectivity index (χ4v) is 7.60. The third-order valence-electron chi connectivity index (χ3n) is 7.48. The van der Waals surface area contributed by atoms with E-state index in [2.05, 4.69) is 39.2 Å². The maximum absolute atomic E-state index is 15.5. The lowest BCUT2D eigenvalue weighted by Gasteiger charge is -2.24. The minimum absolute atomic E-state index is 0.0328. The second-order valence-electron chi connectivity index (χ2n) is 10.2. The van der Waals surface area contributed by atoms with Crippen LogP contribution in [0, 0.1) is 37.1 Å². The van der Waals surface area contributed by atoms with Gasteiger partial charge in [-0.25, -0.2) is 32.5 Å². The lowest BCUT2D eigenvalue weighted by Crippen LogP contribution is -2.14. The highest BCUT2D eigenvalue weighted by Crippen LogP contribution is 2.48. The standard InChI is InChI=1S/C35H26F4N3P/c1-21-22(2)31(38)32(39)29(30(21)37)35-41-33(23-16-18-25(36)19-17-23)40-34(42-35)24-10-9-15-28(20-24)43(26-11-5-3-6-12-26)27-13-7-4-8-14-27/h3-8,10-14,16-20H,9,15H2,1-2H3. The van der Waals surface area contributed by atoms with Crippen LogP contribution in [0.1, 0.15) is 29.8 Å². The number of nitrogens with zero attached hydrogens (tertiary/aromatic N) is 3. The van der Waals surface area contributed by atoms with Crippen LogP contribution < -0.4 is 10.6 Å². The van der Waals surface area contributed by atoms with E-state index in [4.69, 9.17) is 0 Å². The van der Waals surface area contributed by atoms with Gasteiger partial charge >= 0.3 is 0 Å². The summed E-state index contributed by atoms with van der Waals surface area (Å²) in [6.45, 7) is 2.70. The predicted molar refractivity (Wildman–Crippen MR) is 164 cm³/mol. The van der Waals surface area contributed by atoms with Crippen molar-refractivity contribution in [2.75, 3.05) is 0 Å². The fraction of sp³-hybridized carbons (Fsp3) is 0.114. The molecule has 3 nitrogen and oxygen atoms in total. The van der Waals surface area contributed by atoms with Gasteiger partial charge in [0.15, 0.2) is 29.1 Å². The van der Waals surface area contributed by atoms with Crippen LogP contribution in [-0.4, -0.2) is 15.0 Å². The highest BCUT2D eigenvalue weighted by molar-refractivity contribution is 7.76. The van der Waals surface area contributed by atoms with E-state index in [0.717, 1.165) is 6.42 Å². The molecule has 0 unspecified atom stereocenters. The average Bonchev–Trinajstić information content (AvgIpc) is 3.04. The molecule has 0 fully saturated rings. The van der Waals surface area contributed by atoms with E-state index < -0.39 is 36.8 Å². The van der Waals surface area contributed by atoms with Gasteiger partial charge in [0.2, 0.25) is 0 Å². The van der Waals surface area contributed by atoms with E-state index >= 15 is 8.78 Å². The second-order valence-corrected chi connectivity index (χ2v) is 12.5. The lowest BCUT2D eigenvalue weighted by molar-refractivity contribution is 0.489. The molecule has 5 aromatic rings.